The first-order valence-electron chi connectivity index (χ1n) is 9.08. The van der Waals surface area contributed by atoms with Crippen molar-refractivity contribution >= 4 is 17.9 Å². The van der Waals surface area contributed by atoms with Crippen LogP contribution in [0.5, 0.6) is 17.2 Å². The van der Waals surface area contributed by atoms with Crippen LogP contribution in [-0.4, -0.2) is 32.1 Å². The van der Waals surface area contributed by atoms with Crippen molar-refractivity contribution in [3.8, 4) is 17.2 Å². The van der Waals surface area contributed by atoms with Crippen molar-refractivity contribution in [3.63, 3.8) is 0 Å². The molecule has 2 N–H and O–H groups in total. The van der Waals surface area contributed by atoms with Gasteiger partial charge in [-0.3, -0.25) is 20.4 Å². The van der Waals surface area contributed by atoms with E-state index in [1.54, 1.807) is 44.4 Å². The molecular formula is C22H26N2O5. The Kier molecular flexibility index (Phi) is 7.65. The summed E-state index contributed by atoms with van der Waals surface area (Å²) in [6.45, 7) is 5.51. The van der Waals surface area contributed by atoms with Crippen molar-refractivity contribution in [2.24, 2.45) is 0 Å². The number of methoxy groups -OCH3 is 2. The Hall–Kier alpha value is -3.48. The van der Waals surface area contributed by atoms with Crippen LogP contribution in [0.3, 0.4) is 0 Å². The van der Waals surface area contributed by atoms with Gasteiger partial charge in [-0.2, -0.15) is 0 Å². The van der Waals surface area contributed by atoms with Gasteiger partial charge in [-0.15, -0.1) is 0 Å². The van der Waals surface area contributed by atoms with Crippen LogP contribution >= 0.6 is 0 Å². The predicted molar refractivity (Wildman–Crippen MR) is 111 cm³/mol. The van der Waals surface area contributed by atoms with E-state index in [-0.39, 0.29) is 0 Å². The summed E-state index contributed by atoms with van der Waals surface area (Å²) in [5.74, 6) is 0.886. The molecule has 0 spiro atoms. The van der Waals surface area contributed by atoms with E-state index in [0.29, 0.717) is 22.8 Å². The number of hydrogen-bond acceptors (Lipinski definition) is 5. The monoisotopic (exact) mass is 398 g/mol. The zero-order valence-corrected chi connectivity index (χ0v) is 17.2. The lowest BCUT2D eigenvalue weighted by Crippen LogP contribution is -2.46. The highest BCUT2D eigenvalue weighted by molar-refractivity contribution is 5.94. The fourth-order valence-corrected chi connectivity index (χ4v) is 2.48. The van der Waals surface area contributed by atoms with Crippen LogP contribution in [0.1, 0.15) is 23.6 Å². The molecule has 154 valence electrons. The second-order valence-electron chi connectivity index (χ2n) is 6.38. The molecule has 29 heavy (non-hydrogen) atoms. The summed E-state index contributed by atoms with van der Waals surface area (Å²) in [6, 6.07) is 10.9. The van der Waals surface area contributed by atoms with Gasteiger partial charge in [-0.05, 0) is 56.2 Å². The zero-order valence-electron chi connectivity index (χ0n) is 17.2. The number of hydrogen-bond donors (Lipinski definition) is 2. The number of hydrazine groups is 1. The largest absolute Gasteiger partial charge is 0.497 e. The minimum Gasteiger partial charge on any atom is -0.497 e. The van der Waals surface area contributed by atoms with E-state index < -0.39 is 17.9 Å². The molecule has 0 aliphatic carbocycles. The van der Waals surface area contributed by atoms with E-state index in [4.69, 9.17) is 14.2 Å². The van der Waals surface area contributed by atoms with Gasteiger partial charge in [0.2, 0.25) is 0 Å². The van der Waals surface area contributed by atoms with E-state index in [2.05, 4.69) is 10.9 Å². The summed E-state index contributed by atoms with van der Waals surface area (Å²) in [4.78, 5) is 24.2. The Morgan fingerprint density at radius 1 is 1.00 bits per heavy atom. The van der Waals surface area contributed by atoms with E-state index >= 15 is 0 Å². The molecule has 0 fully saturated rings. The summed E-state index contributed by atoms with van der Waals surface area (Å²) < 4.78 is 16.1. The number of carbonyl (C=O) groups excluding carboxylic acids is 2. The van der Waals surface area contributed by atoms with Crippen molar-refractivity contribution in [3.05, 3.63) is 59.2 Å². The maximum absolute atomic E-state index is 12.2. The summed E-state index contributed by atoms with van der Waals surface area (Å²) in [5, 5.41) is 0. The lowest BCUT2D eigenvalue weighted by molar-refractivity contribution is -0.131. The number of ether oxygens (including phenoxy) is 3. The third kappa shape index (κ3) is 6.00. The molecule has 2 rings (SSSR count). The van der Waals surface area contributed by atoms with Crippen LogP contribution in [-0.2, 0) is 9.59 Å². The molecule has 2 aromatic carbocycles. The number of aryl methyl sites for hydroxylation is 1. The summed E-state index contributed by atoms with van der Waals surface area (Å²) >= 11 is 0. The summed E-state index contributed by atoms with van der Waals surface area (Å²) in [7, 11) is 3.09. The van der Waals surface area contributed by atoms with E-state index in [9.17, 15) is 9.59 Å². The zero-order chi connectivity index (χ0) is 21.4. The summed E-state index contributed by atoms with van der Waals surface area (Å²) in [6.07, 6.45) is 2.10. The van der Waals surface area contributed by atoms with Gasteiger partial charge in [-0.25, -0.2) is 0 Å². The van der Waals surface area contributed by atoms with Crippen LogP contribution in [0, 0.1) is 13.8 Å². The van der Waals surface area contributed by atoms with Crippen LogP contribution in [0.4, 0.5) is 0 Å². The van der Waals surface area contributed by atoms with Crippen molar-refractivity contribution in [1.82, 2.24) is 10.9 Å². The van der Waals surface area contributed by atoms with Gasteiger partial charge < -0.3 is 14.2 Å². The van der Waals surface area contributed by atoms with E-state index in [1.165, 1.54) is 13.2 Å². The number of carbonyl (C=O) groups is 2. The summed E-state index contributed by atoms with van der Waals surface area (Å²) in [5.41, 5.74) is 7.42. The Bertz CT molecular complexity index is 908. The average Bonchev–Trinajstić information content (AvgIpc) is 2.73. The van der Waals surface area contributed by atoms with Crippen LogP contribution in [0.15, 0.2) is 42.5 Å². The van der Waals surface area contributed by atoms with Gasteiger partial charge in [0.1, 0.15) is 17.2 Å². The number of nitrogens with one attached hydrogen (secondary N) is 2. The molecule has 2 amide bonds. The number of benzene rings is 2. The molecule has 2 aromatic rings. The van der Waals surface area contributed by atoms with Gasteiger partial charge in [0.15, 0.2) is 6.10 Å². The molecule has 0 aromatic heterocycles. The molecule has 1 atom stereocenters. The Balaban J connectivity index is 1.90. The lowest BCUT2D eigenvalue weighted by atomic mass is 10.1. The molecule has 0 saturated heterocycles. The Morgan fingerprint density at radius 3 is 2.45 bits per heavy atom. The third-order valence-electron chi connectivity index (χ3n) is 4.39. The topological polar surface area (TPSA) is 85.9 Å². The number of amides is 2. The van der Waals surface area contributed by atoms with Crippen molar-refractivity contribution in [1.29, 1.82) is 0 Å². The predicted octanol–water partition coefficient (Wildman–Crippen LogP) is 2.95. The maximum Gasteiger partial charge on any atom is 0.279 e. The highest BCUT2D eigenvalue weighted by Gasteiger charge is 2.16. The first-order valence-corrected chi connectivity index (χ1v) is 9.08. The van der Waals surface area contributed by atoms with E-state index in [1.807, 2.05) is 26.0 Å². The van der Waals surface area contributed by atoms with Gasteiger partial charge in [0, 0.05) is 17.7 Å². The molecule has 0 saturated carbocycles. The fourth-order valence-electron chi connectivity index (χ4n) is 2.48. The standard InChI is InChI=1S/C22H26N2O5/c1-14-7-6-8-19(15(14)2)29-16(3)22(26)24-23-21(25)12-10-17-9-11-18(27-4)13-20(17)28-5/h6-13,16H,1-5H3,(H,23,25)(H,24,26)/b12-10+/t16-/m0/s1. The first-order chi connectivity index (χ1) is 13.8. The first kappa shape index (κ1) is 21.8. The quantitative estimate of drug-likeness (QED) is 0.553. The molecule has 0 radical (unpaired) electrons. The highest BCUT2D eigenvalue weighted by atomic mass is 16.5. The van der Waals surface area contributed by atoms with Crippen LogP contribution in [0.2, 0.25) is 0 Å². The fraction of sp³-hybridized carbons (Fsp3) is 0.273. The van der Waals surface area contributed by atoms with Crippen LogP contribution < -0.4 is 25.1 Å². The van der Waals surface area contributed by atoms with Gasteiger partial charge in [0.05, 0.1) is 14.2 Å². The molecule has 0 bridgehead atoms. The van der Waals surface area contributed by atoms with Crippen molar-refractivity contribution in [2.75, 3.05) is 14.2 Å². The average molecular weight is 398 g/mol. The minimum atomic E-state index is -0.776. The molecule has 0 aliphatic heterocycles. The molecule has 0 unspecified atom stereocenters. The molecule has 0 heterocycles. The number of rotatable bonds is 7. The molecule has 7 nitrogen and oxygen atoms in total. The van der Waals surface area contributed by atoms with Crippen molar-refractivity contribution < 1.29 is 23.8 Å². The Labute approximate surface area is 170 Å². The SMILES string of the molecule is COc1ccc(/C=C/C(=O)NNC(=O)[C@H](C)Oc2cccc(C)c2C)c(OC)c1. The van der Waals surface area contributed by atoms with E-state index in [0.717, 1.165) is 11.1 Å². The second kappa shape index (κ2) is 10.2. The van der Waals surface area contributed by atoms with Crippen LogP contribution in [0.25, 0.3) is 6.08 Å². The minimum absolute atomic E-state index is 0.463. The van der Waals surface area contributed by atoms with Gasteiger partial charge in [0.25, 0.3) is 11.8 Å². The molecular weight excluding hydrogens is 372 g/mol. The third-order valence-corrected chi connectivity index (χ3v) is 4.39. The normalized spacial score (nSPS) is 11.6. The maximum atomic E-state index is 12.2. The Morgan fingerprint density at radius 2 is 1.76 bits per heavy atom. The second-order valence-corrected chi connectivity index (χ2v) is 6.38. The lowest BCUT2D eigenvalue weighted by Gasteiger charge is -2.17. The smallest absolute Gasteiger partial charge is 0.279 e. The van der Waals surface area contributed by atoms with Crippen molar-refractivity contribution in [2.45, 2.75) is 26.9 Å². The highest BCUT2D eigenvalue weighted by Crippen LogP contribution is 2.25. The van der Waals surface area contributed by atoms with Gasteiger partial charge in [-0.1, -0.05) is 12.1 Å². The molecule has 0 aliphatic rings. The molecule has 7 heteroatoms. The van der Waals surface area contributed by atoms with Gasteiger partial charge >= 0.3 is 0 Å².